The van der Waals surface area contributed by atoms with Gasteiger partial charge in [-0.1, -0.05) is 0 Å². The topological polar surface area (TPSA) is 75.4 Å². The van der Waals surface area contributed by atoms with E-state index < -0.39 is 6.04 Å². The first-order valence-corrected chi connectivity index (χ1v) is 8.70. The quantitative estimate of drug-likeness (QED) is 0.931. The van der Waals surface area contributed by atoms with Gasteiger partial charge in [-0.3, -0.25) is 9.59 Å². The van der Waals surface area contributed by atoms with Crippen LogP contribution in [0.15, 0.2) is 22.7 Å². The van der Waals surface area contributed by atoms with Crippen LogP contribution in [-0.4, -0.2) is 39.4 Å². The van der Waals surface area contributed by atoms with E-state index in [2.05, 4.69) is 10.3 Å². The van der Waals surface area contributed by atoms with Crippen molar-refractivity contribution >= 4 is 40.0 Å². The van der Waals surface area contributed by atoms with Gasteiger partial charge >= 0.3 is 0 Å². The Balaban J connectivity index is 1.72. The number of aromatic nitrogens is 1. The largest absolute Gasteiger partial charge is 0.456 e. The second-order valence-corrected chi connectivity index (χ2v) is 7.20. The molecule has 1 saturated heterocycles. The lowest BCUT2D eigenvalue weighted by Gasteiger charge is -2.21. The second kappa shape index (κ2) is 6.13. The van der Waals surface area contributed by atoms with Crippen molar-refractivity contribution in [2.24, 2.45) is 0 Å². The fraction of sp³-hybridized carbons (Fsp3) is 0.357. The van der Waals surface area contributed by atoms with Crippen molar-refractivity contribution < 1.29 is 14.0 Å². The van der Waals surface area contributed by atoms with Crippen molar-refractivity contribution in [3.8, 4) is 0 Å². The predicted molar refractivity (Wildman–Crippen MR) is 86.2 cm³/mol. The van der Waals surface area contributed by atoms with Crippen molar-refractivity contribution in [1.29, 1.82) is 0 Å². The fourth-order valence-electron chi connectivity index (χ4n) is 2.15. The normalized spacial score (nSPS) is 17.7. The fourth-order valence-corrected chi connectivity index (χ4v) is 3.97. The first-order chi connectivity index (χ1) is 10.5. The van der Waals surface area contributed by atoms with Gasteiger partial charge in [0.2, 0.25) is 5.91 Å². The molecule has 0 aliphatic carbocycles. The maximum atomic E-state index is 12.5. The number of nitrogens with one attached hydrogen (secondary N) is 1. The van der Waals surface area contributed by atoms with Gasteiger partial charge in [-0.25, -0.2) is 4.98 Å². The van der Waals surface area contributed by atoms with Crippen LogP contribution in [0.5, 0.6) is 0 Å². The lowest BCUT2D eigenvalue weighted by Crippen LogP contribution is -2.44. The number of aryl methyl sites for hydroxylation is 2. The maximum absolute atomic E-state index is 12.5. The molecule has 1 aliphatic rings. The molecule has 2 aromatic rings. The molecule has 3 rings (SSSR count). The van der Waals surface area contributed by atoms with E-state index in [0.717, 1.165) is 4.88 Å². The van der Waals surface area contributed by atoms with Gasteiger partial charge < -0.3 is 14.6 Å². The number of furan rings is 1. The van der Waals surface area contributed by atoms with Crippen LogP contribution in [0.2, 0.25) is 0 Å². The number of amides is 2. The van der Waals surface area contributed by atoms with Crippen LogP contribution < -0.4 is 5.32 Å². The van der Waals surface area contributed by atoms with Crippen LogP contribution in [-0.2, 0) is 4.79 Å². The molecule has 0 radical (unpaired) electrons. The van der Waals surface area contributed by atoms with E-state index in [9.17, 15) is 9.59 Å². The van der Waals surface area contributed by atoms with Crippen molar-refractivity contribution in [3.63, 3.8) is 0 Å². The van der Waals surface area contributed by atoms with E-state index in [1.807, 2.05) is 6.92 Å². The Labute approximate surface area is 135 Å². The third-order valence-electron chi connectivity index (χ3n) is 3.25. The van der Waals surface area contributed by atoms with Gasteiger partial charge in [0.1, 0.15) is 11.8 Å². The predicted octanol–water partition coefficient (Wildman–Crippen LogP) is 2.51. The molecule has 1 atom stereocenters. The number of hydrogen-bond donors (Lipinski definition) is 1. The zero-order valence-corrected chi connectivity index (χ0v) is 13.8. The molecule has 0 spiro atoms. The first-order valence-electron chi connectivity index (χ1n) is 6.73. The minimum atomic E-state index is -0.507. The van der Waals surface area contributed by atoms with Gasteiger partial charge in [0.05, 0.1) is 5.88 Å². The molecule has 0 aromatic carbocycles. The molecule has 1 N–H and O–H groups in total. The van der Waals surface area contributed by atoms with Crippen LogP contribution in [0, 0.1) is 13.8 Å². The molecular formula is C14H15N3O3S2. The molecule has 1 fully saturated rings. The Morgan fingerprint density at radius 3 is 2.86 bits per heavy atom. The standard InChI is InChI=1S/C14H15N3O3S2/c1-8-3-4-11(20-8)13(19)17-7-21-6-10(17)12(18)16-14-15-5-9(2)22-14/h3-5,10H,6-7H2,1-2H3,(H,15,16,18)/t10-/m0/s1. The summed E-state index contributed by atoms with van der Waals surface area (Å²) < 4.78 is 5.36. The summed E-state index contributed by atoms with van der Waals surface area (Å²) in [7, 11) is 0. The second-order valence-electron chi connectivity index (χ2n) is 4.97. The minimum Gasteiger partial charge on any atom is -0.456 e. The molecule has 22 heavy (non-hydrogen) atoms. The Kier molecular flexibility index (Phi) is 4.21. The van der Waals surface area contributed by atoms with E-state index in [4.69, 9.17) is 4.42 Å². The summed E-state index contributed by atoms with van der Waals surface area (Å²) in [4.78, 5) is 31.5. The van der Waals surface area contributed by atoms with Crippen LogP contribution in [0.25, 0.3) is 0 Å². The average Bonchev–Trinajstić information content (AvgIpc) is 3.19. The van der Waals surface area contributed by atoms with Gasteiger partial charge in [0.15, 0.2) is 10.9 Å². The Bertz CT molecular complexity index is 710. The summed E-state index contributed by atoms with van der Waals surface area (Å²) in [6.45, 7) is 3.71. The highest BCUT2D eigenvalue weighted by Crippen LogP contribution is 2.25. The zero-order valence-electron chi connectivity index (χ0n) is 12.2. The number of carbonyl (C=O) groups excluding carboxylic acids is 2. The SMILES string of the molecule is Cc1ccc(C(=O)N2CSC[C@H]2C(=O)Nc2ncc(C)s2)o1. The maximum Gasteiger partial charge on any atom is 0.290 e. The van der Waals surface area contributed by atoms with Crippen molar-refractivity contribution in [2.75, 3.05) is 16.9 Å². The first kappa shape index (κ1) is 15.1. The highest BCUT2D eigenvalue weighted by molar-refractivity contribution is 7.99. The van der Waals surface area contributed by atoms with E-state index in [1.54, 1.807) is 41.9 Å². The van der Waals surface area contributed by atoms with E-state index in [1.165, 1.54) is 11.3 Å². The van der Waals surface area contributed by atoms with Crippen LogP contribution in [0.3, 0.4) is 0 Å². The molecule has 0 unspecified atom stereocenters. The third kappa shape index (κ3) is 3.02. The van der Waals surface area contributed by atoms with Gasteiger partial charge in [0, 0.05) is 16.8 Å². The highest BCUT2D eigenvalue weighted by atomic mass is 32.2. The highest BCUT2D eigenvalue weighted by Gasteiger charge is 2.36. The summed E-state index contributed by atoms with van der Waals surface area (Å²) in [5, 5.41) is 3.33. The molecule has 2 aromatic heterocycles. The molecule has 1 aliphatic heterocycles. The lowest BCUT2D eigenvalue weighted by molar-refractivity contribution is -0.119. The van der Waals surface area contributed by atoms with Crippen LogP contribution >= 0.6 is 23.1 Å². The van der Waals surface area contributed by atoms with Gasteiger partial charge in [-0.15, -0.1) is 23.1 Å². The number of nitrogens with zero attached hydrogens (tertiary/aromatic N) is 2. The molecule has 6 nitrogen and oxygen atoms in total. The van der Waals surface area contributed by atoms with E-state index in [-0.39, 0.29) is 17.6 Å². The van der Waals surface area contributed by atoms with Crippen molar-refractivity contribution in [2.45, 2.75) is 19.9 Å². The zero-order chi connectivity index (χ0) is 15.7. The number of thiazole rings is 1. The van der Waals surface area contributed by atoms with Crippen LogP contribution in [0.1, 0.15) is 21.2 Å². The number of carbonyl (C=O) groups is 2. The molecule has 116 valence electrons. The molecule has 0 saturated carbocycles. The summed E-state index contributed by atoms with van der Waals surface area (Å²) >= 11 is 2.96. The van der Waals surface area contributed by atoms with Gasteiger partial charge in [0.25, 0.3) is 5.91 Å². The number of thioether (sulfide) groups is 1. The summed E-state index contributed by atoms with van der Waals surface area (Å²) in [5.41, 5.74) is 0. The number of anilines is 1. The Hall–Kier alpha value is -1.80. The van der Waals surface area contributed by atoms with Crippen LogP contribution in [0.4, 0.5) is 5.13 Å². The minimum absolute atomic E-state index is 0.212. The Morgan fingerprint density at radius 1 is 1.41 bits per heavy atom. The summed E-state index contributed by atoms with van der Waals surface area (Å²) in [6, 6.07) is 2.87. The summed E-state index contributed by atoms with van der Waals surface area (Å²) in [5.74, 6) is 1.52. The van der Waals surface area contributed by atoms with Crippen molar-refractivity contribution in [3.05, 3.63) is 34.7 Å². The van der Waals surface area contributed by atoms with Crippen molar-refractivity contribution in [1.82, 2.24) is 9.88 Å². The Morgan fingerprint density at radius 2 is 2.23 bits per heavy atom. The monoisotopic (exact) mass is 337 g/mol. The molecule has 8 heteroatoms. The molecule has 3 heterocycles. The van der Waals surface area contributed by atoms with E-state index >= 15 is 0 Å². The van der Waals surface area contributed by atoms with Gasteiger partial charge in [-0.2, -0.15) is 0 Å². The number of rotatable bonds is 3. The molecular weight excluding hydrogens is 322 g/mol. The summed E-state index contributed by atoms with van der Waals surface area (Å²) in [6.07, 6.45) is 1.71. The molecule has 0 bridgehead atoms. The smallest absolute Gasteiger partial charge is 0.290 e. The van der Waals surface area contributed by atoms with E-state index in [0.29, 0.717) is 22.5 Å². The third-order valence-corrected chi connectivity index (χ3v) is 5.09. The average molecular weight is 337 g/mol. The molecule has 2 amide bonds. The lowest BCUT2D eigenvalue weighted by atomic mass is 10.2. The number of hydrogen-bond acceptors (Lipinski definition) is 6. The van der Waals surface area contributed by atoms with Gasteiger partial charge in [-0.05, 0) is 26.0 Å².